The zero-order valence-electron chi connectivity index (χ0n) is 15.0. The highest BCUT2D eigenvalue weighted by Crippen LogP contribution is 2.25. The molecule has 0 aromatic heterocycles. The summed E-state index contributed by atoms with van der Waals surface area (Å²) in [4.78, 5) is 16.2. The molecule has 1 saturated heterocycles. The van der Waals surface area contributed by atoms with Crippen LogP contribution in [0.5, 0.6) is 5.75 Å². The zero-order chi connectivity index (χ0) is 17.7. The fraction of sp³-hybridized carbons (Fsp3) is 0.611. The topological polar surface area (TPSA) is 42.0 Å². The molecule has 5 nitrogen and oxygen atoms in total. The van der Waals surface area contributed by atoms with E-state index in [0.29, 0.717) is 24.7 Å². The van der Waals surface area contributed by atoms with Gasteiger partial charge in [0.2, 0.25) is 0 Å². The van der Waals surface area contributed by atoms with Crippen LogP contribution in [-0.2, 0) is 11.3 Å². The molecule has 1 aliphatic heterocycles. The van der Waals surface area contributed by atoms with Gasteiger partial charge in [0.15, 0.2) is 0 Å². The monoisotopic (exact) mass is 354 g/mol. The molecule has 0 spiro atoms. The molecule has 0 saturated carbocycles. The molecule has 24 heavy (non-hydrogen) atoms. The van der Waals surface area contributed by atoms with E-state index in [1.54, 1.807) is 4.90 Å². The summed E-state index contributed by atoms with van der Waals surface area (Å²) in [5.74, 6) is 0.872. The van der Waals surface area contributed by atoms with Gasteiger partial charge in [0.25, 0.3) is 0 Å². The normalized spacial score (nSPS) is 16.1. The highest BCUT2D eigenvalue weighted by atomic mass is 35.5. The number of benzene rings is 1. The molecular weight excluding hydrogens is 328 g/mol. The van der Waals surface area contributed by atoms with Crippen molar-refractivity contribution in [1.29, 1.82) is 0 Å². The molecule has 1 amide bonds. The third-order valence-electron chi connectivity index (χ3n) is 3.74. The number of piperazine rings is 1. The van der Waals surface area contributed by atoms with E-state index in [1.807, 2.05) is 45.9 Å². The van der Waals surface area contributed by atoms with Crippen LogP contribution in [0.15, 0.2) is 18.2 Å². The van der Waals surface area contributed by atoms with Crippen molar-refractivity contribution in [1.82, 2.24) is 9.80 Å². The second-order valence-electron chi connectivity index (χ2n) is 6.93. The number of hydrogen-bond donors (Lipinski definition) is 0. The highest BCUT2D eigenvalue weighted by Gasteiger charge is 2.26. The molecule has 0 N–H and O–H groups in total. The van der Waals surface area contributed by atoms with Crippen molar-refractivity contribution in [3.05, 3.63) is 28.8 Å². The van der Waals surface area contributed by atoms with Crippen molar-refractivity contribution in [2.45, 2.75) is 39.8 Å². The number of carbonyl (C=O) groups excluding carboxylic acids is 1. The van der Waals surface area contributed by atoms with Crippen LogP contribution in [0.25, 0.3) is 0 Å². The van der Waals surface area contributed by atoms with Crippen LogP contribution in [0, 0.1) is 0 Å². The number of nitrogens with zero attached hydrogens (tertiary/aromatic N) is 2. The maximum Gasteiger partial charge on any atom is 0.410 e. The summed E-state index contributed by atoms with van der Waals surface area (Å²) in [6, 6.07) is 5.71. The Labute approximate surface area is 149 Å². The molecule has 1 aromatic carbocycles. The maximum atomic E-state index is 12.1. The number of hydrogen-bond acceptors (Lipinski definition) is 4. The van der Waals surface area contributed by atoms with Crippen LogP contribution in [0.3, 0.4) is 0 Å². The number of halogens is 1. The van der Waals surface area contributed by atoms with Gasteiger partial charge in [0.1, 0.15) is 11.4 Å². The van der Waals surface area contributed by atoms with Crippen molar-refractivity contribution < 1.29 is 14.3 Å². The lowest BCUT2D eigenvalue weighted by Crippen LogP contribution is -2.49. The molecule has 1 heterocycles. The first-order chi connectivity index (χ1) is 11.3. The molecule has 1 aromatic rings. The zero-order valence-corrected chi connectivity index (χ0v) is 15.7. The Hall–Kier alpha value is -1.46. The molecule has 1 aliphatic rings. The van der Waals surface area contributed by atoms with Crippen LogP contribution in [0.1, 0.15) is 33.3 Å². The van der Waals surface area contributed by atoms with E-state index >= 15 is 0 Å². The molecule has 0 unspecified atom stereocenters. The fourth-order valence-electron chi connectivity index (χ4n) is 2.62. The molecule has 0 bridgehead atoms. The molecule has 2 rings (SSSR count). The van der Waals surface area contributed by atoms with E-state index in [-0.39, 0.29) is 6.09 Å². The van der Waals surface area contributed by atoms with E-state index in [2.05, 4.69) is 4.90 Å². The van der Waals surface area contributed by atoms with E-state index in [1.165, 1.54) is 0 Å². The van der Waals surface area contributed by atoms with Gasteiger partial charge in [-0.05, 0) is 45.9 Å². The third-order valence-corrected chi connectivity index (χ3v) is 3.98. The van der Waals surface area contributed by atoms with Gasteiger partial charge in [-0.3, -0.25) is 4.90 Å². The average Bonchev–Trinajstić information content (AvgIpc) is 2.49. The van der Waals surface area contributed by atoms with E-state index in [9.17, 15) is 4.79 Å². The van der Waals surface area contributed by atoms with Crippen molar-refractivity contribution in [3.63, 3.8) is 0 Å². The fourth-order valence-corrected chi connectivity index (χ4v) is 2.82. The molecule has 0 aliphatic carbocycles. The van der Waals surface area contributed by atoms with Crippen molar-refractivity contribution in [2.24, 2.45) is 0 Å². The summed E-state index contributed by atoms with van der Waals surface area (Å²) in [5.41, 5.74) is 0.622. The summed E-state index contributed by atoms with van der Waals surface area (Å²) < 4.78 is 11.1. The minimum Gasteiger partial charge on any atom is -0.494 e. The van der Waals surface area contributed by atoms with E-state index in [4.69, 9.17) is 21.1 Å². The first-order valence-electron chi connectivity index (χ1n) is 8.40. The number of amides is 1. The van der Waals surface area contributed by atoms with Crippen molar-refractivity contribution in [3.8, 4) is 5.75 Å². The van der Waals surface area contributed by atoms with E-state index < -0.39 is 5.60 Å². The van der Waals surface area contributed by atoms with Gasteiger partial charge in [-0.15, -0.1) is 0 Å². The Balaban J connectivity index is 1.91. The predicted octanol–water partition coefficient (Wildman–Crippen LogP) is 3.79. The Morgan fingerprint density at radius 1 is 1.21 bits per heavy atom. The quantitative estimate of drug-likeness (QED) is 0.825. The Morgan fingerprint density at radius 2 is 1.88 bits per heavy atom. The molecule has 134 valence electrons. The third kappa shape index (κ3) is 5.56. The SMILES string of the molecule is CCOc1ccc(Cl)cc1CN1CCN(C(=O)OC(C)(C)C)CC1. The largest absolute Gasteiger partial charge is 0.494 e. The lowest BCUT2D eigenvalue weighted by molar-refractivity contribution is 0.0138. The molecule has 6 heteroatoms. The number of rotatable bonds is 4. The predicted molar refractivity (Wildman–Crippen MR) is 95.7 cm³/mol. The van der Waals surface area contributed by atoms with Gasteiger partial charge < -0.3 is 14.4 Å². The minimum atomic E-state index is -0.457. The summed E-state index contributed by atoms with van der Waals surface area (Å²) in [6.45, 7) is 11.9. The summed E-state index contributed by atoms with van der Waals surface area (Å²) in [5, 5.41) is 0.709. The molecular formula is C18H27ClN2O3. The number of carbonyl (C=O) groups is 1. The average molecular weight is 355 g/mol. The van der Waals surface area contributed by atoms with Gasteiger partial charge in [-0.2, -0.15) is 0 Å². The first kappa shape index (κ1) is 18.9. The smallest absolute Gasteiger partial charge is 0.410 e. The first-order valence-corrected chi connectivity index (χ1v) is 8.78. The summed E-state index contributed by atoms with van der Waals surface area (Å²) in [7, 11) is 0. The van der Waals surface area contributed by atoms with Crippen molar-refractivity contribution in [2.75, 3.05) is 32.8 Å². The maximum absolute atomic E-state index is 12.1. The second kappa shape index (κ2) is 8.08. The standard InChI is InChI=1S/C18H27ClN2O3/c1-5-23-16-7-6-15(19)12-14(16)13-20-8-10-21(11-9-20)17(22)24-18(2,3)4/h6-7,12H,5,8-11,13H2,1-4H3. The Morgan fingerprint density at radius 3 is 2.46 bits per heavy atom. The summed E-state index contributed by atoms with van der Waals surface area (Å²) >= 11 is 6.12. The van der Waals surface area contributed by atoms with Crippen LogP contribution in [0.2, 0.25) is 5.02 Å². The Bertz CT molecular complexity index is 564. The Kier molecular flexibility index (Phi) is 6.35. The number of ether oxygens (including phenoxy) is 2. The highest BCUT2D eigenvalue weighted by molar-refractivity contribution is 6.30. The van der Waals surface area contributed by atoms with Gasteiger partial charge in [-0.25, -0.2) is 4.79 Å². The minimum absolute atomic E-state index is 0.236. The van der Waals surface area contributed by atoms with Gasteiger partial charge in [0.05, 0.1) is 6.61 Å². The van der Waals surface area contributed by atoms with Crippen LogP contribution in [0.4, 0.5) is 4.79 Å². The lowest BCUT2D eigenvalue weighted by Gasteiger charge is -2.35. The van der Waals surface area contributed by atoms with Crippen molar-refractivity contribution >= 4 is 17.7 Å². The van der Waals surface area contributed by atoms with Crippen LogP contribution in [-0.4, -0.2) is 54.3 Å². The van der Waals surface area contributed by atoms with Gasteiger partial charge in [-0.1, -0.05) is 11.6 Å². The van der Waals surface area contributed by atoms with E-state index in [0.717, 1.165) is 30.9 Å². The van der Waals surface area contributed by atoms with Crippen LogP contribution < -0.4 is 4.74 Å². The molecule has 1 fully saturated rings. The van der Waals surface area contributed by atoms with Gasteiger partial charge in [0, 0.05) is 43.3 Å². The van der Waals surface area contributed by atoms with Crippen LogP contribution >= 0.6 is 11.6 Å². The molecule has 0 atom stereocenters. The molecule has 0 radical (unpaired) electrons. The second-order valence-corrected chi connectivity index (χ2v) is 7.37. The van der Waals surface area contributed by atoms with Gasteiger partial charge >= 0.3 is 6.09 Å². The lowest BCUT2D eigenvalue weighted by atomic mass is 10.1. The summed E-state index contributed by atoms with van der Waals surface area (Å²) in [6.07, 6.45) is -0.236.